The predicted octanol–water partition coefficient (Wildman–Crippen LogP) is 4.25. The Morgan fingerprint density at radius 2 is 1.04 bits per heavy atom. The largest absolute Gasteiger partial charge is 0.496 e. The second-order valence-corrected chi connectivity index (χ2v) is 8.63. The standard InChI is InChI=1S/C22H20OP/c1-23-18-11-19-24(20-12-5-2-6-13-20,21-14-7-3-8-15-21)22-16-9-4-10-17-22/h2-10,12-19H,1H3/q+1. The highest BCUT2D eigenvalue weighted by Crippen LogP contribution is 2.56. The third-order valence-electron chi connectivity index (χ3n) is 3.94. The molecular formula is C22H20OP+. The van der Waals surface area contributed by atoms with Crippen LogP contribution < -0.4 is 15.9 Å². The van der Waals surface area contributed by atoms with Gasteiger partial charge < -0.3 is 4.74 Å². The number of hydrogen-bond donors (Lipinski definition) is 0. The Balaban J connectivity index is 2.35. The number of methoxy groups -OCH3 is 1. The molecule has 0 bridgehead atoms. The van der Waals surface area contributed by atoms with E-state index in [1.54, 1.807) is 13.4 Å². The molecule has 3 aromatic rings. The van der Waals surface area contributed by atoms with Crippen molar-refractivity contribution in [2.75, 3.05) is 7.11 Å². The minimum Gasteiger partial charge on any atom is -0.496 e. The van der Waals surface area contributed by atoms with E-state index in [9.17, 15) is 0 Å². The summed E-state index contributed by atoms with van der Waals surface area (Å²) in [4.78, 5) is 0. The SMILES string of the molecule is COC=C=C[P+](c1ccccc1)(c1ccccc1)c1ccccc1. The average molecular weight is 331 g/mol. The summed E-state index contributed by atoms with van der Waals surface area (Å²) in [5, 5.41) is 3.92. The molecule has 0 saturated carbocycles. The van der Waals surface area contributed by atoms with Crippen molar-refractivity contribution in [2.45, 2.75) is 0 Å². The molecule has 0 aliphatic rings. The first-order chi connectivity index (χ1) is 11.9. The molecule has 1 nitrogen and oxygen atoms in total. The maximum Gasteiger partial charge on any atom is 0.145 e. The monoisotopic (exact) mass is 331 g/mol. The molecule has 0 radical (unpaired) electrons. The smallest absolute Gasteiger partial charge is 0.145 e. The van der Waals surface area contributed by atoms with Gasteiger partial charge >= 0.3 is 0 Å². The van der Waals surface area contributed by atoms with Crippen LogP contribution in [0, 0.1) is 0 Å². The van der Waals surface area contributed by atoms with Crippen LogP contribution in [0.2, 0.25) is 0 Å². The van der Waals surface area contributed by atoms with Crippen LogP contribution in [0.4, 0.5) is 0 Å². The van der Waals surface area contributed by atoms with Crippen molar-refractivity contribution in [3.63, 3.8) is 0 Å². The van der Waals surface area contributed by atoms with Gasteiger partial charge in [-0.15, -0.1) is 0 Å². The first-order valence-electron chi connectivity index (χ1n) is 7.88. The van der Waals surface area contributed by atoms with Crippen molar-refractivity contribution in [3.05, 3.63) is 109 Å². The van der Waals surface area contributed by atoms with Crippen LogP contribution in [0.3, 0.4) is 0 Å². The second-order valence-electron chi connectivity index (χ2n) is 5.38. The van der Waals surface area contributed by atoms with Crippen LogP contribution in [0.25, 0.3) is 0 Å². The molecule has 0 amide bonds. The zero-order valence-corrected chi connectivity index (χ0v) is 14.6. The molecule has 0 heterocycles. The number of ether oxygens (including phenoxy) is 1. The Labute approximate surface area is 144 Å². The molecule has 0 N–H and O–H groups in total. The quantitative estimate of drug-likeness (QED) is 0.386. The lowest BCUT2D eigenvalue weighted by atomic mass is 10.4. The molecule has 0 unspecified atom stereocenters. The summed E-state index contributed by atoms with van der Waals surface area (Å²) in [6.07, 6.45) is 1.61. The Morgan fingerprint density at radius 1 is 0.667 bits per heavy atom. The Hall–Kier alpha value is -2.59. The van der Waals surface area contributed by atoms with E-state index in [0.29, 0.717) is 0 Å². The van der Waals surface area contributed by atoms with Gasteiger partial charge in [0.25, 0.3) is 0 Å². The van der Waals surface area contributed by atoms with E-state index in [1.807, 2.05) is 0 Å². The molecule has 3 aromatic carbocycles. The summed E-state index contributed by atoms with van der Waals surface area (Å²) in [6.45, 7) is 0. The maximum absolute atomic E-state index is 5.10. The molecule has 2 heteroatoms. The van der Waals surface area contributed by atoms with Gasteiger partial charge in [0, 0.05) is 0 Å². The highest BCUT2D eigenvalue weighted by Gasteiger charge is 2.43. The van der Waals surface area contributed by atoms with Crippen LogP contribution in [0.15, 0.2) is 109 Å². The van der Waals surface area contributed by atoms with Crippen LogP contribution in [0.1, 0.15) is 0 Å². The predicted molar refractivity (Wildman–Crippen MR) is 105 cm³/mol. The molecule has 0 aromatic heterocycles. The first-order valence-corrected chi connectivity index (χ1v) is 9.74. The fourth-order valence-corrected chi connectivity index (χ4v) is 6.42. The Bertz CT molecular complexity index is 723. The minimum absolute atomic E-state index is 1.31. The topological polar surface area (TPSA) is 9.23 Å². The lowest BCUT2D eigenvalue weighted by molar-refractivity contribution is 0.339. The fraction of sp³-hybridized carbons (Fsp3) is 0.0455. The van der Waals surface area contributed by atoms with Crippen molar-refractivity contribution in [1.29, 1.82) is 0 Å². The molecule has 118 valence electrons. The number of rotatable bonds is 5. The molecule has 0 aliphatic heterocycles. The zero-order chi connectivity index (χ0) is 16.7. The van der Waals surface area contributed by atoms with Gasteiger partial charge in [0.1, 0.15) is 35.3 Å². The molecular weight excluding hydrogens is 311 g/mol. The summed E-state index contributed by atoms with van der Waals surface area (Å²) < 4.78 is 5.10. The van der Waals surface area contributed by atoms with Crippen molar-refractivity contribution in [3.8, 4) is 0 Å². The van der Waals surface area contributed by atoms with Crippen molar-refractivity contribution >= 4 is 23.2 Å². The van der Waals surface area contributed by atoms with E-state index in [2.05, 4.69) is 103 Å². The molecule has 0 saturated heterocycles. The van der Waals surface area contributed by atoms with Gasteiger partial charge in [-0.05, 0) is 42.1 Å². The second kappa shape index (κ2) is 7.79. The average Bonchev–Trinajstić information content (AvgIpc) is 2.68. The van der Waals surface area contributed by atoms with E-state index in [-0.39, 0.29) is 0 Å². The summed E-state index contributed by atoms with van der Waals surface area (Å²) in [7, 11) is -0.283. The van der Waals surface area contributed by atoms with Crippen molar-refractivity contribution in [2.24, 2.45) is 0 Å². The third-order valence-corrected chi connectivity index (χ3v) is 7.82. The van der Waals surface area contributed by atoms with Gasteiger partial charge in [0.05, 0.1) is 7.11 Å². The van der Waals surface area contributed by atoms with E-state index < -0.39 is 7.26 Å². The lowest BCUT2D eigenvalue weighted by Gasteiger charge is -2.23. The molecule has 24 heavy (non-hydrogen) atoms. The molecule has 0 aliphatic carbocycles. The minimum atomic E-state index is -1.93. The third kappa shape index (κ3) is 3.19. The first kappa shape index (κ1) is 16.3. The lowest BCUT2D eigenvalue weighted by Crippen LogP contribution is -2.29. The Kier molecular flexibility index (Phi) is 5.29. The van der Waals surface area contributed by atoms with E-state index in [4.69, 9.17) is 4.74 Å². The molecule has 3 rings (SSSR count). The summed E-state index contributed by atoms with van der Waals surface area (Å²) in [5.41, 5.74) is 3.25. The highest BCUT2D eigenvalue weighted by atomic mass is 31.2. The van der Waals surface area contributed by atoms with Gasteiger partial charge in [-0.25, -0.2) is 0 Å². The van der Waals surface area contributed by atoms with Gasteiger partial charge in [-0.2, -0.15) is 0 Å². The van der Waals surface area contributed by atoms with Gasteiger partial charge in [-0.1, -0.05) is 54.6 Å². The van der Waals surface area contributed by atoms with Crippen LogP contribution in [-0.4, -0.2) is 7.11 Å². The maximum atomic E-state index is 5.10. The van der Waals surface area contributed by atoms with Gasteiger partial charge in [0.15, 0.2) is 0 Å². The zero-order valence-electron chi connectivity index (χ0n) is 13.7. The Morgan fingerprint density at radius 3 is 1.38 bits per heavy atom. The number of benzene rings is 3. The van der Waals surface area contributed by atoms with Crippen LogP contribution >= 0.6 is 7.26 Å². The van der Waals surface area contributed by atoms with E-state index >= 15 is 0 Å². The summed E-state index contributed by atoms with van der Waals surface area (Å²) in [6, 6.07) is 32.0. The molecule has 0 atom stereocenters. The number of hydrogen-bond acceptors (Lipinski definition) is 1. The van der Waals surface area contributed by atoms with E-state index in [0.717, 1.165) is 0 Å². The van der Waals surface area contributed by atoms with E-state index in [1.165, 1.54) is 15.9 Å². The summed E-state index contributed by atoms with van der Waals surface area (Å²) in [5.74, 6) is 2.19. The van der Waals surface area contributed by atoms with Crippen LogP contribution in [0.5, 0.6) is 0 Å². The van der Waals surface area contributed by atoms with Crippen molar-refractivity contribution < 1.29 is 4.74 Å². The van der Waals surface area contributed by atoms with Gasteiger partial charge in [-0.3, -0.25) is 0 Å². The van der Waals surface area contributed by atoms with Crippen LogP contribution in [-0.2, 0) is 4.74 Å². The fourth-order valence-electron chi connectivity index (χ4n) is 2.87. The molecule has 0 spiro atoms. The summed E-state index contributed by atoms with van der Waals surface area (Å²) >= 11 is 0. The van der Waals surface area contributed by atoms with Gasteiger partial charge in [0.2, 0.25) is 0 Å². The molecule has 0 fully saturated rings. The normalized spacial score (nSPS) is 10.5. The highest BCUT2D eigenvalue weighted by molar-refractivity contribution is 7.98. The van der Waals surface area contributed by atoms with Crippen molar-refractivity contribution in [1.82, 2.24) is 0 Å².